The van der Waals surface area contributed by atoms with Gasteiger partial charge in [0.1, 0.15) is 5.82 Å². The number of aliphatic hydroxyl groups excluding tert-OH is 1. The molecule has 0 amide bonds. The number of hydrogen-bond acceptors (Lipinski definition) is 8. The highest BCUT2D eigenvalue weighted by Crippen LogP contribution is 2.27. The van der Waals surface area contributed by atoms with E-state index in [0.717, 1.165) is 68.9 Å². The summed E-state index contributed by atoms with van der Waals surface area (Å²) in [6.45, 7) is 3.38. The van der Waals surface area contributed by atoms with Gasteiger partial charge in [0, 0.05) is 30.5 Å². The van der Waals surface area contributed by atoms with Crippen molar-refractivity contribution in [1.29, 1.82) is 0 Å². The summed E-state index contributed by atoms with van der Waals surface area (Å²) < 4.78 is 5.43. The molecule has 9 nitrogen and oxygen atoms in total. The van der Waals surface area contributed by atoms with Crippen molar-refractivity contribution in [2.24, 2.45) is 0 Å². The number of nitrogens with zero attached hydrogens (tertiary/aromatic N) is 4. The van der Waals surface area contributed by atoms with Crippen LogP contribution in [0.25, 0.3) is 11.0 Å². The Morgan fingerprint density at radius 1 is 1.03 bits per heavy atom. The molecular formula is C21H27N7O2. The summed E-state index contributed by atoms with van der Waals surface area (Å²) in [5.41, 5.74) is 2.81. The Kier molecular flexibility index (Phi) is 5.37. The van der Waals surface area contributed by atoms with Crippen LogP contribution in [0.4, 0.5) is 23.1 Å². The number of aliphatic hydroxyl groups is 1. The van der Waals surface area contributed by atoms with Crippen LogP contribution in [0.1, 0.15) is 25.7 Å². The van der Waals surface area contributed by atoms with Crippen LogP contribution in [0.15, 0.2) is 30.5 Å². The molecule has 1 aliphatic heterocycles. The molecule has 158 valence electrons. The number of hydrogen-bond donors (Lipinski definition) is 4. The first-order chi connectivity index (χ1) is 14.7. The zero-order valence-electron chi connectivity index (χ0n) is 16.8. The number of anilines is 4. The molecule has 1 aliphatic carbocycles. The van der Waals surface area contributed by atoms with E-state index in [0.29, 0.717) is 17.6 Å². The van der Waals surface area contributed by atoms with Crippen LogP contribution in [0.3, 0.4) is 0 Å². The maximum atomic E-state index is 9.76. The normalized spacial score (nSPS) is 22.2. The smallest absolute Gasteiger partial charge is 0.231 e. The molecule has 30 heavy (non-hydrogen) atoms. The Morgan fingerprint density at radius 3 is 2.57 bits per heavy atom. The second-order valence-electron chi connectivity index (χ2n) is 7.95. The van der Waals surface area contributed by atoms with E-state index < -0.39 is 0 Å². The van der Waals surface area contributed by atoms with Crippen LogP contribution in [0.5, 0.6) is 0 Å². The Balaban J connectivity index is 1.33. The molecule has 0 unspecified atom stereocenters. The van der Waals surface area contributed by atoms with Crippen LogP contribution in [0, 0.1) is 0 Å². The number of morpholine rings is 1. The number of aromatic nitrogens is 4. The van der Waals surface area contributed by atoms with Gasteiger partial charge in [-0.2, -0.15) is 15.1 Å². The highest BCUT2D eigenvalue weighted by Gasteiger charge is 2.21. The molecule has 4 N–H and O–H groups in total. The first-order valence-corrected chi connectivity index (χ1v) is 10.6. The van der Waals surface area contributed by atoms with Gasteiger partial charge < -0.3 is 25.4 Å². The fourth-order valence-corrected chi connectivity index (χ4v) is 4.12. The average molecular weight is 409 g/mol. The van der Waals surface area contributed by atoms with Gasteiger partial charge in [-0.1, -0.05) is 0 Å². The second kappa shape index (κ2) is 8.45. The summed E-state index contributed by atoms with van der Waals surface area (Å²) in [6.07, 6.45) is 5.05. The number of aromatic amines is 1. The van der Waals surface area contributed by atoms with Gasteiger partial charge in [-0.3, -0.25) is 5.10 Å². The van der Waals surface area contributed by atoms with Crippen molar-refractivity contribution in [2.45, 2.75) is 37.8 Å². The Bertz CT molecular complexity index is 977. The van der Waals surface area contributed by atoms with Gasteiger partial charge in [-0.25, -0.2) is 0 Å². The van der Waals surface area contributed by atoms with Crippen molar-refractivity contribution in [2.75, 3.05) is 41.8 Å². The number of fused-ring (bicyclic) bond motifs is 1. The molecule has 0 spiro atoms. The van der Waals surface area contributed by atoms with Gasteiger partial charge >= 0.3 is 0 Å². The van der Waals surface area contributed by atoms with Crippen LogP contribution in [0.2, 0.25) is 0 Å². The maximum Gasteiger partial charge on any atom is 0.231 e. The van der Waals surface area contributed by atoms with Crippen LogP contribution >= 0.6 is 0 Å². The Hall–Kier alpha value is -2.91. The van der Waals surface area contributed by atoms with E-state index in [2.05, 4.69) is 42.8 Å². The molecular weight excluding hydrogens is 382 g/mol. The molecule has 1 aromatic carbocycles. The molecule has 1 saturated heterocycles. The van der Waals surface area contributed by atoms with Crippen molar-refractivity contribution in [1.82, 2.24) is 20.2 Å². The molecule has 9 heteroatoms. The van der Waals surface area contributed by atoms with Gasteiger partial charge in [-0.05, 0) is 49.9 Å². The molecule has 0 atom stereocenters. The zero-order chi connectivity index (χ0) is 20.3. The monoisotopic (exact) mass is 409 g/mol. The highest BCUT2D eigenvalue weighted by molar-refractivity contribution is 5.87. The molecule has 2 fully saturated rings. The van der Waals surface area contributed by atoms with Crippen molar-refractivity contribution < 1.29 is 9.84 Å². The van der Waals surface area contributed by atoms with E-state index in [1.165, 1.54) is 5.69 Å². The van der Waals surface area contributed by atoms with Crippen molar-refractivity contribution in [3.05, 3.63) is 30.5 Å². The minimum atomic E-state index is -0.181. The van der Waals surface area contributed by atoms with Gasteiger partial charge in [0.2, 0.25) is 5.95 Å². The van der Waals surface area contributed by atoms with E-state index in [4.69, 9.17) is 9.72 Å². The molecule has 2 aromatic heterocycles. The van der Waals surface area contributed by atoms with E-state index >= 15 is 0 Å². The predicted octanol–water partition coefficient (Wildman–Crippen LogP) is 2.65. The lowest BCUT2D eigenvalue weighted by molar-refractivity contribution is 0.122. The number of nitrogens with one attached hydrogen (secondary N) is 3. The Morgan fingerprint density at radius 2 is 1.80 bits per heavy atom. The predicted molar refractivity (Wildman–Crippen MR) is 116 cm³/mol. The number of H-pyrrole nitrogens is 1. The molecule has 2 aliphatic rings. The third-order valence-corrected chi connectivity index (χ3v) is 5.85. The van der Waals surface area contributed by atoms with Crippen LogP contribution < -0.4 is 15.5 Å². The second-order valence-corrected chi connectivity index (χ2v) is 7.95. The van der Waals surface area contributed by atoms with Crippen molar-refractivity contribution >= 4 is 34.2 Å². The fraction of sp³-hybridized carbons (Fsp3) is 0.476. The first-order valence-electron chi connectivity index (χ1n) is 10.6. The summed E-state index contributed by atoms with van der Waals surface area (Å²) in [4.78, 5) is 11.6. The van der Waals surface area contributed by atoms with Crippen LogP contribution in [-0.2, 0) is 4.74 Å². The summed E-state index contributed by atoms with van der Waals surface area (Å²) in [7, 11) is 0. The van der Waals surface area contributed by atoms with Gasteiger partial charge in [-0.15, -0.1) is 0 Å². The minimum absolute atomic E-state index is 0.181. The van der Waals surface area contributed by atoms with Crippen molar-refractivity contribution in [3.8, 4) is 0 Å². The van der Waals surface area contributed by atoms with E-state index in [-0.39, 0.29) is 6.10 Å². The first kappa shape index (κ1) is 19.1. The molecule has 0 bridgehead atoms. The Labute approximate surface area is 174 Å². The zero-order valence-corrected chi connectivity index (χ0v) is 16.8. The minimum Gasteiger partial charge on any atom is -0.393 e. The quantitative estimate of drug-likeness (QED) is 0.509. The highest BCUT2D eigenvalue weighted by atomic mass is 16.5. The van der Waals surface area contributed by atoms with Gasteiger partial charge in [0.05, 0.1) is 30.9 Å². The summed E-state index contributed by atoms with van der Waals surface area (Å²) in [5.74, 6) is 1.28. The molecule has 3 aromatic rings. The topological polar surface area (TPSA) is 111 Å². The molecule has 1 saturated carbocycles. The number of benzene rings is 1. The summed E-state index contributed by atoms with van der Waals surface area (Å²) in [6, 6.07) is 8.59. The SMILES string of the molecule is O[C@H]1CC[C@@H](Nc2nc(Nc3ccc(N4CCOCC4)cc3)nc3[nH]ncc23)CC1. The standard InChI is InChI=1S/C21H27N7O2/c29-17-7-3-14(4-8-17)23-19-18-13-22-27-20(18)26-21(25-19)24-15-1-5-16(6-2-15)28-9-11-30-12-10-28/h1-2,5-6,13-14,17,29H,3-4,7-12H2,(H3,22,23,24,25,26,27)/t14-,17+. The molecule has 3 heterocycles. The largest absolute Gasteiger partial charge is 0.393 e. The van der Waals surface area contributed by atoms with Gasteiger partial charge in [0.15, 0.2) is 5.65 Å². The third-order valence-electron chi connectivity index (χ3n) is 5.85. The molecule has 5 rings (SSSR count). The lowest BCUT2D eigenvalue weighted by Crippen LogP contribution is -2.36. The van der Waals surface area contributed by atoms with E-state index in [9.17, 15) is 5.11 Å². The maximum absolute atomic E-state index is 9.76. The van der Waals surface area contributed by atoms with Gasteiger partial charge in [0.25, 0.3) is 0 Å². The fourth-order valence-electron chi connectivity index (χ4n) is 4.12. The van der Waals surface area contributed by atoms with Crippen LogP contribution in [-0.4, -0.2) is 63.7 Å². The average Bonchev–Trinajstić information content (AvgIpc) is 3.25. The van der Waals surface area contributed by atoms with E-state index in [1.807, 2.05) is 12.1 Å². The van der Waals surface area contributed by atoms with E-state index in [1.54, 1.807) is 6.20 Å². The summed E-state index contributed by atoms with van der Waals surface area (Å²) in [5, 5.41) is 24.5. The third kappa shape index (κ3) is 4.17. The number of ether oxygens (including phenoxy) is 1. The number of rotatable bonds is 5. The lowest BCUT2D eigenvalue weighted by Gasteiger charge is -2.29. The van der Waals surface area contributed by atoms with Crippen molar-refractivity contribution in [3.63, 3.8) is 0 Å². The lowest BCUT2D eigenvalue weighted by atomic mass is 9.93. The summed E-state index contributed by atoms with van der Waals surface area (Å²) >= 11 is 0. The molecule has 0 radical (unpaired) electrons.